The number of likely N-dealkylation sites (tertiary alicyclic amines) is 1. The minimum atomic E-state index is 0.181. The van der Waals surface area contributed by atoms with E-state index < -0.39 is 0 Å². The van der Waals surface area contributed by atoms with Crippen LogP contribution in [0.15, 0.2) is 36.9 Å². The molecule has 1 atom stereocenters. The molecule has 6 nitrogen and oxygen atoms in total. The second-order valence-corrected chi connectivity index (χ2v) is 6.18. The van der Waals surface area contributed by atoms with Crippen LogP contribution in [0.3, 0.4) is 0 Å². The predicted molar refractivity (Wildman–Crippen MR) is 90.6 cm³/mol. The van der Waals surface area contributed by atoms with Crippen molar-refractivity contribution in [1.82, 2.24) is 19.4 Å². The average molecular weight is 328 g/mol. The lowest BCUT2D eigenvalue weighted by Crippen LogP contribution is -2.40. The van der Waals surface area contributed by atoms with Gasteiger partial charge in [-0.15, -0.1) is 0 Å². The Kier molecular flexibility index (Phi) is 5.59. The molecule has 0 radical (unpaired) electrons. The predicted octanol–water partition coefficient (Wildman–Crippen LogP) is 1.87. The van der Waals surface area contributed by atoms with Gasteiger partial charge in [-0.3, -0.25) is 9.78 Å². The fourth-order valence-electron chi connectivity index (χ4n) is 3.26. The van der Waals surface area contributed by atoms with Crippen LogP contribution in [0, 0.1) is 0 Å². The molecule has 3 rings (SSSR count). The average Bonchev–Trinajstić information content (AvgIpc) is 3.09. The normalized spacial score (nSPS) is 17.9. The molecule has 24 heavy (non-hydrogen) atoms. The second-order valence-electron chi connectivity index (χ2n) is 6.18. The van der Waals surface area contributed by atoms with Crippen molar-refractivity contribution in [3.63, 3.8) is 0 Å². The van der Waals surface area contributed by atoms with Gasteiger partial charge in [-0.25, -0.2) is 4.98 Å². The molecular formula is C18H24N4O2. The highest BCUT2D eigenvalue weighted by Crippen LogP contribution is 2.26. The third-order valence-electron chi connectivity index (χ3n) is 4.53. The van der Waals surface area contributed by atoms with Crippen molar-refractivity contribution in [3.05, 3.63) is 48.3 Å². The molecule has 0 bridgehead atoms. The molecule has 128 valence electrons. The molecule has 2 aromatic heterocycles. The fourth-order valence-corrected chi connectivity index (χ4v) is 3.26. The highest BCUT2D eigenvalue weighted by molar-refractivity contribution is 5.78. The third-order valence-corrected chi connectivity index (χ3v) is 4.53. The van der Waals surface area contributed by atoms with E-state index in [1.54, 1.807) is 19.5 Å². The van der Waals surface area contributed by atoms with Gasteiger partial charge in [0.1, 0.15) is 5.82 Å². The maximum absolute atomic E-state index is 12.6. The first-order valence-corrected chi connectivity index (χ1v) is 8.44. The molecular weight excluding hydrogens is 304 g/mol. The number of carbonyl (C=O) groups excluding carboxylic acids is 1. The molecule has 0 aliphatic carbocycles. The number of aromatic nitrogens is 3. The monoisotopic (exact) mass is 328 g/mol. The number of hydrogen-bond acceptors (Lipinski definition) is 4. The molecule has 1 saturated heterocycles. The van der Waals surface area contributed by atoms with Gasteiger partial charge in [0, 0.05) is 57.4 Å². The van der Waals surface area contributed by atoms with Crippen LogP contribution in [-0.4, -0.2) is 52.1 Å². The van der Waals surface area contributed by atoms with Gasteiger partial charge in [-0.1, -0.05) is 0 Å². The van der Waals surface area contributed by atoms with E-state index in [4.69, 9.17) is 4.74 Å². The minimum Gasteiger partial charge on any atom is -0.383 e. The van der Waals surface area contributed by atoms with E-state index >= 15 is 0 Å². The van der Waals surface area contributed by atoms with Crippen molar-refractivity contribution < 1.29 is 9.53 Å². The fraction of sp³-hybridized carbons (Fsp3) is 0.500. The standard InChI is InChI=1S/C18H24N4O2/c1-24-12-11-21-10-8-20-18(21)16-3-2-9-22(14-16)17(23)13-15-4-6-19-7-5-15/h4-8,10,16H,2-3,9,11-14H2,1H3. The first-order chi connectivity index (χ1) is 11.8. The van der Waals surface area contributed by atoms with Crippen molar-refractivity contribution in [2.45, 2.75) is 31.7 Å². The number of pyridine rings is 1. The van der Waals surface area contributed by atoms with Crippen LogP contribution in [0.25, 0.3) is 0 Å². The van der Waals surface area contributed by atoms with Crippen molar-refractivity contribution in [2.75, 3.05) is 26.8 Å². The maximum Gasteiger partial charge on any atom is 0.227 e. The van der Waals surface area contributed by atoms with E-state index in [0.717, 1.165) is 43.9 Å². The smallest absolute Gasteiger partial charge is 0.227 e. The van der Waals surface area contributed by atoms with Crippen LogP contribution in [-0.2, 0) is 22.5 Å². The largest absolute Gasteiger partial charge is 0.383 e. The van der Waals surface area contributed by atoms with Gasteiger partial charge < -0.3 is 14.2 Å². The Balaban J connectivity index is 1.64. The van der Waals surface area contributed by atoms with Gasteiger partial charge in [0.15, 0.2) is 0 Å². The molecule has 1 aliphatic heterocycles. The van der Waals surface area contributed by atoms with Crippen molar-refractivity contribution in [3.8, 4) is 0 Å². The summed E-state index contributed by atoms with van der Waals surface area (Å²) < 4.78 is 7.31. The van der Waals surface area contributed by atoms with Gasteiger partial charge in [-0.2, -0.15) is 0 Å². The Morgan fingerprint density at radius 1 is 1.33 bits per heavy atom. The molecule has 0 saturated carbocycles. The van der Waals surface area contributed by atoms with E-state index in [9.17, 15) is 4.79 Å². The van der Waals surface area contributed by atoms with Crippen LogP contribution in [0.2, 0.25) is 0 Å². The van der Waals surface area contributed by atoms with Crippen molar-refractivity contribution in [2.24, 2.45) is 0 Å². The van der Waals surface area contributed by atoms with Gasteiger partial charge in [0.05, 0.1) is 13.0 Å². The van der Waals surface area contributed by atoms with E-state index in [0.29, 0.717) is 18.9 Å². The number of nitrogens with zero attached hydrogens (tertiary/aromatic N) is 4. The lowest BCUT2D eigenvalue weighted by Gasteiger charge is -2.33. The number of imidazole rings is 1. The summed E-state index contributed by atoms with van der Waals surface area (Å²) in [5.41, 5.74) is 1.01. The van der Waals surface area contributed by atoms with Crippen LogP contribution in [0.1, 0.15) is 30.1 Å². The van der Waals surface area contributed by atoms with Gasteiger partial charge in [0.25, 0.3) is 0 Å². The first kappa shape index (κ1) is 16.6. The molecule has 1 fully saturated rings. The summed E-state index contributed by atoms with van der Waals surface area (Å²) in [7, 11) is 1.71. The van der Waals surface area contributed by atoms with Crippen LogP contribution in [0.4, 0.5) is 0 Å². The summed E-state index contributed by atoms with van der Waals surface area (Å²) in [6.07, 6.45) is 9.82. The van der Waals surface area contributed by atoms with E-state index in [2.05, 4.69) is 14.5 Å². The summed E-state index contributed by atoms with van der Waals surface area (Å²) in [5.74, 6) is 1.54. The SMILES string of the molecule is COCCn1ccnc1C1CCCN(C(=O)Cc2ccncc2)C1. The third kappa shape index (κ3) is 4.00. The molecule has 6 heteroatoms. The molecule has 0 aromatic carbocycles. The van der Waals surface area contributed by atoms with E-state index in [-0.39, 0.29) is 5.91 Å². The Hall–Kier alpha value is -2.21. The molecule has 1 amide bonds. The molecule has 1 unspecified atom stereocenters. The van der Waals surface area contributed by atoms with Crippen LogP contribution in [0.5, 0.6) is 0 Å². The Labute approximate surface area is 142 Å². The zero-order valence-corrected chi connectivity index (χ0v) is 14.1. The lowest BCUT2D eigenvalue weighted by atomic mass is 9.96. The highest BCUT2D eigenvalue weighted by atomic mass is 16.5. The summed E-state index contributed by atoms with van der Waals surface area (Å²) in [5, 5.41) is 0. The Morgan fingerprint density at radius 2 is 2.17 bits per heavy atom. The number of amides is 1. The highest BCUT2D eigenvalue weighted by Gasteiger charge is 2.27. The maximum atomic E-state index is 12.6. The van der Waals surface area contributed by atoms with Gasteiger partial charge >= 0.3 is 0 Å². The molecule has 1 aliphatic rings. The topological polar surface area (TPSA) is 60.2 Å². The molecule has 0 N–H and O–H groups in total. The number of hydrogen-bond donors (Lipinski definition) is 0. The summed E-state index contributed by atoms with van der Waals surface area (Å²) >= 11 is 0. The molecule has 3 heterocycles. The second kappa shape index (κ2) is 8.06. The van der Waals surface area contributed by atoms with Gasteiger partial charge in [-0.05, 0) is 30.5 Å². The Bertz CT molecular complexity index is 656. The first-order valence-electron chi connectivity index (χ1n) is 8.44. The van der Waals surface area contributed by atoms with Crippen LogP contribution < -0.4 is 0 Å². The zero-order chi connectivity index (χ0) is 16.8. The number of piperidine rings is 1. The summed E-state index contributed by atoms with van der Waals surface area (Å²) in [6, 6.07) is 3.80. The number of rotatable bonds is 6. The lowest BCUT2D eigenvalue weighted by molar-refractivity contribution is -0.131. The van der Waals surface area contributed by atoms with Gasteiger partial charge in [0.2, 0.25) is 5.91 Å². The van der Waals surface area contributed by atoms with E-state index in [1.807, 2.05) is 29.4 Å². The van der Waals surface area contributed by atoms with E-state index in [1.165, 1.54) is 0 Å². The summed E-state index contributed by atoms with van der Waals surface area (Å²) in [4.78, 5) is 23.1. The number of methoxy groups -OCH3 is 1. The molecule has 2 aromatic rings. The zero-order valence-electron chi connectivity index (χ0n) is 14.1. The quantitative estimate of drug-likeness (QED) is 0.812. The van der Waals surface area contributed by atoms with Crippen molar-refractivity contribution in [1.29, 1.82) is 0 Å². The number of ether oxygens (including phenoxy) is 1. The van der Waals surface area contributed by atoms with Crippen LogP contribution >= 0.6 is 0 Å². The Morgan fingerprint density at radius 3 is 2.96 bits per heavy atom. The summed E-state index contributed by atoms with van der Waals surface area (Å²) in [6.45, 7) is 3.04. The molecule has 0 spiro atoms. The number of carbonyl (C=O) groups is 1. The minimum absolute atomic E-state index is 0.181. The van der Waals surface area contributed by atoms with Crippen molar-refractivity contribution >= 4 is 5.91 Å².